The average molecular weight is 418 g/mol. The first kappa shape index (κ1) is 21.0. The van der Waals surface area contributed by atoms with Crippen LogP contribution in [0.15, 0.2) is 49.1 Å². The number of halogens is 4. The first-order valence-electron chi connectivity index (χ1n) is 10.6. The lowest BCUT2D eigenvalue weighted by molar-refractivity contribution is -0.0498. The molecule has 0 aliphatic heterocycles. The number of allylic oxidation sites excluding steroid dienone is 1. The van der Waals surface area contributed by atoms with Crippen molar-refractivity contribution in [3.8, 4) is 16.9 Å². The fourth-order valence-corrected chi connectivity index (χ4v) is 5.35. The monoisotopic (exact) mass is 418 g/mol. The highest BCUT2D eigenvalue weighted by Crippen LogP contribution is 2.48. The van der Waals surface area contributed by atoms with E-state index in [0.29, 0.717) is 23.3 Å². The van der Waals surface area contributed by atoms with Crippen molar-refractivity contribution >= 4 is 0 Å². The molecule has 160 valence electrons. The van der Waals surface area contributed by atoms with Crippen LogP contribution in [-0.2, 0) is 0 Å². The summed E-state index contributed by atoms with van der Waals surface area (Å²) in [5, 5.41) is 0. The predicted octanol–water partition coefficient (Wildman–Crippen LogP) is 7.72. The van der Waals surface area contributed by atoms with Crippen molar-refractivity contribution in [2.24, 2.45) is 17.8 Å². The van der Waals surface area contributed by atoms with Gasteiger partial charge in [-0.2, -0.15) is 8.78 Å². The van der Waals surface area contributed by atoms with E-state index in [4.69, 9.17) is 0 Å². The van der Waals surface area contributed by atoms with Gasteiger partial charge in [0.05, 0.1) is 5.56 Å². The molecule has 4 rings (SSSR count). The van der Waals surface area contributed by atoms with Gasteiger partial charge in [-0.3, -0.25) is 0 Å². The van der Waals surface area contributed by atoms with Crippen LogP contribution in [0.5, 0.6) is 5.75 Å². The third-order valence-electron chi connectivity index (χ3n) is 6.89. The van der Waals surface area contributed by atoms with Crippen molar-refractivity contribution < 1.29 is 22.3 Å². The zero-order valence-electron chi connectivity index (χ0n) is 16.8. The maximum absolute atomic E-state index is 14.9. The molecule has 2 aromatic rings. The molecule has 0 saturated heterocycles. The fourth-order valence-electron chi connectivity index (χ4n) is 5.35. The van der Waals surface area contributed by atoms with E-state index in [1.165, 1.54) is 42.8 Å². The van der Waals surface area contributed by atoms with E-state index in [9.17, 15) is 17.6 Å². The maximum Gasteiger partial charge on any atom is 0.387 e. The SMILES string of the molecule is C=CC1CCC2CC(c3cc(F)c(-c4ccc(OC(F)F)cc4)c(F)c3)CCC2C1. The van der Waals surface area contributed by atoms with Gasteiger partial charge in [-0.25, -0.2) is 8.78 Å². The minimum absolute atomic E-state index is 0.0471. The second-order valence-electron chi connectivity index (χ2n) is 8.60. The second kappa shape index (κ2) is 8.83. The van der Waals surface area contributed by atoms with Gasteiger partial charge in [-0.1, -0.05) is 18.2 Å². The third-order valence-corrected chi connectivity index (χ3v) is 6.89. The van der Waals surface area contributed by atoms with Gasteiger partial charge in [-0.05, 0) is 97.6 Å². The quantitative estimate of drug-likeness (QED) is 0.357. The Kier molecular flexibility index (Phi) is 6.16. The lowest BCUT2D eigenvalue weighted by Gasteiger charge is -2.41. The summed E-state index contributed by atoms with van der Waals surface area (Å²) >= 11 is 0. The number of benzene rings is 2. The predicted molar refractivity (Wildman–Crippen MR) is 110 cm³/mol. The highest BCUT2D eigenvalue weighted by Gasteiger charge is 2.35. The number of rotatable bonds is 5. The van der Waals surface area contributed by atoms with Crippen molar-refractivity contribution in [2.45, 2.75) is 51.1 Å². The molecule has 0 aromatic heterocycles. The van der Waals surface area contributed by atoms with Crippen LogP contribution in [0.3, 0.4) is 0 Å². The molecule has 4 unspecified atom stereocenters. The minimum atomic E-state index is -2.94. The van der Waals surface area contributed by atoms with E-state index >= 15 is 0 Å². The largest absolute Gasteiger partial charge is 0.435 e. The molecule has 2 aromatic carbocycles. The molecule has 4 atom stereocenters. The summed E-state index contributed by atoms with van der Waals surface area (Å²) in [5.41, 5.74) is 0.878. The first-order valence-corrected chi connectivity index (χ1v) is 10.6. The summed E-state index contributed by atoms with van der Waals surface area (Å²) < 4.78 is 58.7. The highest BCUT2D eigenvalue weighted by molar-refractivity contribution is 5.66. The Morgan fingerprint density at radius 1 is 0.900 bits per heavy atom. The Balaban J connectivity index is 1.51. The van der Waals surface area contributed by atoms with E-state index < -0.39 is 18.2 Å². The van der Waals surface area contributed by atoms with Gasteiger partial charge >= 0.3 is 6.61 Å². The van der Waals surface area contributed by atoms with Crippen LogP contribution in [0.4, 0.5) is 17.6 Å². The molecule has 0 amide bonds. The Labute approximate surface area is 174 Å². The molecular formula is C25H26F4O. The van der Waals surface area contributed by atoms with Crippen molar-refractivity contribution in [3.63, 3.8) is 0 Å². The summed E-state index contributed by atoms with van der Waals surface area (Å²) in [6.45, 7) is 0.991. The van der Waals surface area contributed by atoms with E-state index in [-0.39, 0.29) is 17.2 Å². The fraction of sp³-hybridized carbons (Fsp3) is 0.440. The van der Waals surface area contributed by atoms with Crippen LogP contribution in [0.2, 0.25) is 0 Å². The third kappa shape index (κ3) is 4.40. The van der Waals surface area contributed by atoms with E-state index in [2.05, 4.69) is 17.4 Å². The molecule has 0 heterocycles. The molecule has 0 N–H and O–H groups in total. The van der Waals surface area contributed by atoms with Gasteiger partial charge in [0.15, 0.2) is 0 Å². The second-order valence-corrected chi connectivity index (χ2v) is 8.60. The van der Waals surface area contributed by atoms with Crippen LogP contribution >= 0.6 is 0 Å². The minimum Gasteiger partial charge on any atom is -0.435 e. The molecule has 2 aliphatic carbocycles. The number of ether oxygens (including phenoxy) is 1. The lowest BCUT2D eigenvalue weighted by atomic mass is 9.64. The van der Waals surface area contributed by atoms with Crippen molar-refractivity contribution in [3.05, 3.63) is 66.3 Å². The smallest absolute Gasteiger partial charge is 0.387 e. The van der Waals surface area contributed by atoms with Gasteiger partial charge in [0.2, 0.25) is 0 Å². The molecule has 1 nitrogen and oxygen atoms in total. The average Bonchev–Trinajstić information content (AvgIpc) is 2.73. The van der Waals surface area contributed by atoms with Crippen LogP contribution in [0.25, 0.3) is 11.1 Å². The van der Waals surface area contributed by atoms with E-state index in [0.717, 1.165) is 37.7 Å². The van der Waals surface area contributed by atoms with E-state index in [1.54, 1.807) is 0 Å². The molecule has 2 aliphatic rings. The first-order chi connectivity index (χ1) is 14.4. The maximum atomic E-state index is 14.9. The summed E-state index contributed by atoms with van der Waals surface area (Å²) in [7, 11) is 0. The van der Waals surface area contributed by atoms with Crippen molar-refractivity contribution in [2.75, 3.05) is 0 Å². The van der Waals surface area contributed by atoms with Gasteiger partial charge in [-0.15, -0.1) is 6.58 Å². The molecule has 30 heavy (non-hydrogen) atoms. The number of hydrogen-bond acceptors (Lipinski definition) is 1. The number of hydrogen-bond donors (Lipinski definition) is 0. The molecule has 0 spiro atoms. The van der Waals surface area contributed by atoms with Crippen molar-refractivity contribution in [1.29, 1.82) is 0 Å². The van der Waals surface area contributed by atoms with Crippen LogP contribution < -0.4 is 4.74 Å². The van der Waals surface area contributed by atoms with Gasteiger partial charge in [0.1, 0.15) is 17.4 Å². The molecule has 2 saturated carbocycles. The Bertz CT molecular complexity index is 870. The molecule has 5 heteroatoms. The lowest BCUT2D eigenvalue weighted by Crippen LogP contribution is -2.30. The molecule has 0 bridgehead atoms. The van der Waals surface area contributed by atoms with Crippen LogP contribution in [0.1, 0.15) is 50.0 Å². The highest BCUT2D eigenvalue weighted by atomic mass is 19.3. The van der Waals surface area contributed by atoms with Crippen LogP contribution in [0, 0.1) is 29.4 Å². The topological polar surface area (TPSA) is 9.23 Å². The summed E-state index contributed by atoms with van der Waals surface area (Å²) in [5.74, 6) is 0.805. The molecular weight excluding hydrogens is 392 g/mol. The van der Waals surface area contributed by atoms with Crippen molar-refractivity contribution in [1.82, 2.24) is 0 Å². The van der Waals surface area contributed by atoms with Gasteiger partial charge < -0.3 is 4.74 Å². The standard InChI is InChI=1S/C25H26F4O/c1-2-15-3-4-18-12-19(6-5-17(18)11-15)20-13-22(26)24(23(27)14-20)16-7-9-21(10-8-16)30-25(28)29/h2,7-10,13-15,17-19,25H,1,3-6,11-12H2. The normalized spacial score (nSPS) is 26.3. The zero-order valence-corrected chi connectivity index (χ0v) is 16.8. The Morgan fingerprint density at radius 3 is 2.17 bits per heavy atom. The molecule has 0 radical (unpaired) electrons. The zero-order chi connectivity index (χ0) is 21.3. The Hall–Kier alpha value is -2.30. The van der Waals surface area contributed by atoms with Gasteiger partial charge in [0, 0.05) is 0 Å². The van der Waals surface area contributed by atoms with E-state index in [1.807, 2.05) is 0 Å². The van der Waals surface area contributed by atoms with Gasteiger partial charge in [0.25, 0.3) is 0 Å². The molecule has 2 fully saturated rings. The Morgan fingerprint density at radius 2 is 1.53 bits per heavy atom. The van der Waals surface area contributed by atoms with Crippen LogP contribution in [-0.4, -0.2) is 6.61 Å². The summed E-state index contributed by atoms with van der Waals surface area (Å²) in [4.78, 5) is 0. The number of alkyl halides is 2. The summed E-state index contributed by atoms with van der Waals surface area (Å²) in [6.07, 6.45) is 8.59. The summed E-state index contributed by atoms with van der Waals surface area (Å²) in [6, 6.07) is 8.25. The number of fused-ring (bicyclic) bond motifs is 1.